The minimum absolute atomic E-state index is 0.0826. The molecule has 1 aromatic heterocycles. The van der Waals surface area contributed by atoms with Crippen LogP contribution in [0.25, 0.3) is 0 Å². The number of nitrogens with zero attached hydrogens (tertiary/aromatic N) is 2. The summed E-state index contributed by atoms with van der Waals surface area (Å²) in [6.07, 6.45) is 5.57. The fraction of sp³-hybridized carbons (Fsp3) is 0.643. The molecular formula is C14H23N3O2S. The Balaban J connectivity index is 2.38. The van der Waals surface area contributed by atoms with Crippen LogP contribution >= 0.6 is 0 Å². The van der Waals surface area contributed by atoms with E-state index < -0.39 is 10.0 Å². The van der Waals surface area contributed by atoms with E-state index in [-0.39, 0.29) is 22.7 Å². The maximum atomic E-state index is 12.9. The molecule has 0 radical (unpaired) electrons. The maximum absolute atomic E-state index is 12.9. The van der Waals surface area contributed by atoms with Gasteiger partial charge in [-0.2, -0.15) is 4.31 Å². The van der Waals surface area contributed by atoms with Gasteiger partial charge in [-0.15, -0.1) is 0 Å². The lowest BCUT2D eigenvalue weighted by atomic mass is 10.2. The zero-order chi connectivity index (χ0) is 14.8. The van der Waals surface area contributed by atoms with E-state index in [1.165, 1.54) is 6.20 Å². The van der Waals surface area contributed by atoms with E-state index in [0.29, 0.717) is 6.54 Å². The third-order valence-corrected chi connectivity index (χ3v) is 5.63. The molecule has 0 atom stereocenters. The van der Waals surface area contributed by atoms with Crippen LogP contribution in [0.5, 0.6) is 0 Å². The van der Waals surface area contributed by atoms with Crippen molar-refractivity contribution in [3.8, 4) is 0 Å². The van der Waals surface area contributed by atoms with Crippen LogP contribution in [0, 0.1) is 5.92 Å². The molecule has 20 heavy (non-hydrogen) atoms. The summed E-state index contributed by atoms with van der Waals surface area (Å²) >= 11 is 0. The van der Waals surface area contributed by atoms with Gasteiger partial charge < -0.3 is 5.73 Å². The zero-order valence-corrected chi connectivity index (χ0v) is 12.9. The van der Waals surface area contributed by atoms with Crippen molar-refractivity contribution in [2.45, 2.75) is 50.5 Å². The molecule has 1 aliphatic rings. The number of sulfonamides is 1. The van der Waals surface area contributed by atoms with Gasteiger partial charge in [0.25, 0.3) is 0 Å². The first-order valence-electron chi connectivity index (χ1n) is 7.15. The molecule has 0 unspecified atom stereocenters. The van der Waals surface area contributed by atoms with E-state index in [2.05, 4.69) is 4.98 Å². The van der Waals surface area contributed by atoms with Crippen LogP contribution in [0.2, 0.25) is 0 Å². The van der Waals surface area contributed by atoms with E-state index in [9.17, 15) is 8.42 Å². The van der Waals surface area contributed by atoms with E-state index in [4.69, 9.17) is 5.73 Å². The molecule has 0 saturated heterocycles. The second-order valence-corrected chi connectivity index (χ2v) is 7.65. The molecule has 6 heteroatoms. The maximum Gasteiger partial charge on any atom is 0.246 e. The van der Waals surface area contributed by atoms with Crippen LogP contribution in [0.4, 0.5) is 5.82 Å². The third-order valence-electron chi connectivity index (χ3n) is 3.66. The highest BCUT2D eigenvalue weighted by Gasteiger charge is 2.34. The molecule has 1 fully saturated rings. The molecule has 0 amide bonds. The van der Waals surface area contributed by atoms with Crippen LogP contribution in [0.1, 0.15) is 39.5 Å². The molecule has 112 valence electrons. The first kappa shape index (κ1) is 15.3. The number of pyridine rings is 1. The van der Waals surface area contributed by atoms with Crippen LogP contribution in [0.15, 0.2) is 23.2 Å². The van der Waals surface area contributed by atoms with Gasteiger partial charge >= 0.3 is 0 Å². The minimum atomic E-state index is -3.56. The van der Waals surface area contributed by atoms with E-state index in [0.717, 1.165) is 25.7 Å². The van der Waals surface area contributed by atoms with Gasteiger partial charge in [-0.3, -0.25) is 0 Å². The van der Waals surface area contributed by atoms with Crippen molar-refractivity contribution in [1.82, 2.24) is 9.29 Å². The molecule has 0 bridgehead atoms. The largest absolute Gasteiger partial charge is 0.383 e. The number of anilines is 1. The van der Waals surface area contributed by atoms with Crippen LogP contribution < -0.4 is 5.73 Å². The van der Waals surface area contributed by atoms with Crippen LogP contribution in [-0.2, 0) is 10.0 Å². The molecule has 1 aliphatic carbocycles. The lowest BCUT2D eigenvalue weighted by molar-refractivity contribution is 0.292. The smallest absolute Gasteiger partial charge is 0.246 e. The molecule has 2 N–H and O–H groups in total. The lowest BCUT2D eigenvalue weighted by Gasteiger charge is -2.29. The summed E-state index contributed by atoms with van der Waals surface area (Å²) in [5, 5.41) is 0. The number of aromatic nitrogens is 1. The standard InChI is InChI=1S/C14H23N3O2S/c1-11(2)10-17(12-6-3-4-7-12)20(18,19)13-8-5-9-16-14(13)15/h5,8-9,11-12H,3-4,6-7,10H2,1-2H3,(H2,15,16). The van der Waals surface area contributed by atoms with Crippen molar-refractivity contribution in [3.63, 3.8) is 0 Å². The predicted octanol–water partition coefficient (Wildman–Crippen LogP) is 2.25. The van der Waals surface area contributed by atoms with Gasteiger partial charge in [0.05, 0.1) is 0 Å². The van der Waals surface area contributed by atoms with Crippen molar-refractivity contribution in [3.05, 3.63) is 18.3 Å². The van der Waals surface area contributed by atoms with Gasteiger partial charge in [-0.05, 0) is 30.9 Å². The Bertz CT molecular complexity index is 551. The summed E-state index contributed by atoms with van der Waals surface area (Å²) in [5.41, 5.74) is 5.76. The highest BCUT2D eigenvalue weighted by Crippen LogP contribution is 2.30. The summed E-state index contributed by atoms with van der Waals surface area (Å²) in [4.78, 5) is 4.04. The Labute approximate surface area is 121 Å². The summed E-state index contributed by atoms with van der Waals surface area (Å²) in [5.74, 6) is 0.363. The fourth-order valence-corrected chi connectivity index (χ4v) is 4.66. The van der Waals surface area contributed by atoms with E-state index in [1.807, 2.05) is 13.8 Å². The lowest BCUT2D eigenvalue weighted by Crippen LogP contribution is -2.41. The second-order valence-electron chi connectivity index (χ2n) is 5.79. The third kappa shape index (κ3) is 3.12. The topological polar surface area (TPSA) is 76.3 Å². The molecule has 0 aliphatic heterocycles. The zero-order valence-electron chi connectivity index (χ0n) is 12.1. The van der Waals surface area contributed by atoms with Gasteiger partial charge in [-0.1, -0.05) is 26.7 Å². The summed E-state index contributed by atoms with van der Waals surface area (Å²) in [6, 6.07) is 3.26. The normalized spacial score (nSPS) is 17.2. The minimum Gasteiger partial charge on any atom is -0.383 e. The summed E-state index contributed by atoms with van der Waals surface area (Å²) < 4.78 is 27.4. The van der Waals surface area contributed by atoms with Gasteiger partial charge in [0.15, 0.2) is 0 Å². The second kappa shape index (κ2) is 6.10. The predicted molar refractivity (Wildman–Crippen MR) is 79.6 cm³/mol. The Morgan fingerprint density at radius 3 is 2.60 bits per heavy atom. The highest BCUT2D eigenvalue weighted by atomic mass is 32.2. The van der Waals surface area contributed by atoms with Crippen molar-refractivity contribution >= 4 is 15.8 Å². The summed E-state index contributed by atoms with van der Waals surface area (Å²) in [6.45, 7) is 4.59. The Morgan fingerprint density at radius 1 is 1.40 bits per heavy atom. The average Bonchev–Trinajstić information content (AvgIpc) is 2.89. The van der Waals surface area contributed by atoms with Crippen molar-refractivity contribution in [1.29, 1.82) is 0 Å². The molecule has 5 nitrogen and oxygen atoms in total. The number of hydrogen-bond acceptors (Lipinski definition) is 4. The quantitative estimate of drug-likeness (QED) is 0.904. The number of hydrogen-bond donors (Lipinski definition) is 1. The van der Waals surface area contributed by atoms with Crippen molar-refractivity contribution in [2.75, 3.05) is 12.3 Å². The number of nitrogen functional groups attached to an aromatic ring is 1. The van der Waals surface area contributed by atoms with Crippen molar-refractivity contribution in [2.24, 2.45) is 5.92 Å². The summed E-state index contributed by atoms with van der Waals surface area (Å²) in [7, 11) is -3.56. The molecule has 0 aromatic carbocycles. The molecule has 1 aromatic rings. The van der Waals surface area contributed by atoms with Gasteiger partial charge in [-0.25, -0.2) is 13.4 Å². The van der Waals surface area contributed by atoms with E-state index >= 15 is 0 Å². The van der Waals surface area contributed by atoms with E-state index in [1.54, 1.807) is 16.4 Å². The SMILES string of the molecule is CC(C)CN(C1CCCC1)S(=O)(=O)c1cccnc1N. The highest BCUT2D eigenvalue weighted by molar-refractivity contribution is 7.89. The molecular weight excluding hydrogens is 274 g/mol. The number of nitrogens with two attached hydrogens (primary N) is 1. The molecule has 1 saturated carbocycles. The molecule has 2 rings (SSSR count). The van der Waals surface area contributed by atoms with Crippen LogP contribution in [0.3, 0.4) is 0 Å². The monoisotopic (exact) mass is 297 g/mol. The van der Waals surface area contributed by atoms with Gasteiger partial charge in [0.1, 0.15) is 10.7 Å². The van der Waals surface area contributed by atoms with Gasteiger partial charge in [0, 0.05) is 18.8 Å². The molecule has 1 heterocycles. The Kier molecular flexibility index (Phi) is 4.65. The first-order valence-corrected chi connectivity index (χ1v) is 8.59. The number of rotatable bonds is 5. The fourth-order valence-electron chi connectivity index (χ4n) is 2.74. The van der Waals surface area contributed by atoms with Crippen LogP contribution in [-0.4, -0.2) is 30.3 Å². The molecule has 0 spiro atoms. The Morgan fingerprint density at radius 2 is 2.05 bits per heavy atom. The average molecular weight is 297 g/mol. The Hall–Kier alpha value is -1.14. The first-order chi connectivity index (χ1) is 9.43. The van der Waals surface area contributed by atoms with Crippen molar-refractivity contribution < 1.29 is 8.42 Å². The van der Waals surface area contributed by atoms with Gasteiger partial charge in [0.2, 0.25) is 10.0 Å².